The highest BCUT2D eigenvalue weighted by molar-refractivity contribution is 5.95. The molecule has 0 saturated heterocycles. The van der Waals surface area contributed by atoms with Gasteiger partial charge in [-0.25, -0.2) is 0 Å². The van der Waals surface area contributed by atoms with Crippen molar-refractivity contribution in [2.45, 2.75) is 46.1 Å². The van der Waals surface area contributed by atoms with Crippen molar-refractivity contribution in [1.82, 2.24) is 10.3 Å². The molecule has 0 saturated carbocycles. The van der Waals surface area contributed by atoms with Crippen LogP contribution in [0.15, 0.2) is 73.1 Å². The van der Waals surface area contributed by atoms with Gasteiger partial charge in [0, 0.05) is 18.1 Å². The van der Waals surface area contributed by atoms with Gasteiger partial charge >= 0.3 is 0 Å². The summed E-state index contributed by atoms with van der Waals surface area (Å²) in [5.41, 5.74) is 5.22. The Morgan fingerprint density at radius 1 is 0.867 bits per heavy atom. The van der Waals surface area contributed by atoms with Crippen LogP contribution in [0.3, 0.4) is 0 Å². The van der Waals surface area contributed by atoms with E-state index in [0.29, 0.717) is 5.92 Å². The summed E-state index contributed by atoms with van der Waals surface area (Å²) < 4.78 is 0. The van der Waals surface area contributed by atoms with Gasteiger partial charge < -0.3 is 10.6 Å². The van der Waals surface area contributed by atoms with Gasteiger partial charge in [0.15, 0.2) is 0 Å². The second-order valence-electron chi connectivity index (χ2n) is 7.00. The third kappa shape index (κ3) is 6.01. The molecule has 1 heterocycles. The van der Waals surface area contributed by atoms with Crippen molar-refractivity contribution in [3.8, 4) is 11.1 Å². The maximum atomic E-state index is 12.8. The average Bonchev–Trinajstić information content (AvgIpc) is 2.82. The zero-order chi connectivity index (χ0) is 21.9. The first kappa shape index (κ1) is 23.3. The Morgan fingerprint density at radius 3 is 1.93 bits per heavy atom. The van der Waals surface area contributed by atoms with E-state index in [1.54, 1.807) is 19.4 Å². The molecule has 1 aromatic heterocycles. The first-order chi connectivity index (χ1) is 14.6. The topological polar surface area (TPSA) is 54.0 Å². The van der Waals surface area contributed by atoms with Gasteiger partial charge in [0.1, 0.15) is 6.04 Å². The van der Waals surface area contributed by atoms with Crippen LogP contribution in [0.1, 0.15) is 57.2 Å². The highest BCUT2D eigenvalue weighted by atomic mass is 16.2. The molecule has 0 bridgehead atoms. The number of nitrogens with zero attached hydrogens (tertiary/aromatic N) is 1. The number of pyridine rings is 1. The van der Waals surface area contributed by atoms with Crippen molar-refractivity contribution < 1.29 is 4.79 Å². The van der Waals surface area contributed by atoms with Crippen LogP contribution >= 0.6 is 0 Å². The van der Waals surface area contributed by atoms with E-state index in [-0.39, 0.29) is 5.91 Å². The summed E-state index contributed by atoms with van der Waals surface area (Å²) in [7, 11) is 1.80. The fourth-order valence-corrected chi connectivity index (χ4v) is 3.21. The van der Waals surface area contributed by atoms with Gasteiger partial charge in [-0.1, -0.05) is 64.1 Å². The van der Waals surface area contributed by atoms with Crippen LogP contribution in [0.25, 0.3) is 11.1 Å². The Balaban J connectivity index is 0.00000155. The van der Waals surface area contributed by atoms with Gasteiger partial charge in [-0.2, -0.15) is 0 Å². The predicted octanol–water partition coefficient (Wildman–Crippen LogP) is 6.19. The summed E-state index contributed by atoms with van der Waals surface area (Å²) in [6.07, 6.45) is 4.65. The number of carbonyl (C=O) groups excluding carboxylic acids is 1. The Kier molecular flexibility index (Phi) is 9.23. The standard InChI is InChI=1S/C24H27N3O.C2H6/c1-4-17(2)18-5-7-21(8-6-18)23(25-3)24(28)27-22-11-9-19(10-12-22)20-13-15-26-16-14-20;1-2/h5-17,23,25H,4H2,1-3H3,(H,27,28);1-2H3. The molecule has 158 valence electrons. The maximum absolute atomic E-state index is 12.8. The zero-order valence-electron chi connectivity index (χ0n) is 18.6. The van der Waals surface area contributed by atoms with Crippen LogP contribution < -0.4 is 10.6 Å². The molecule has 0 aliphatic carbocycles. The van der Waals surface area contributed by atoms with E-state index in [2.05, 4.69) is 41.6 Å². The molecule has 2 N–H and O–H groups in total. The van der Waals surface area contributed by atoms with Crippen LogP contribution in [-0.2, 0) is 4.79 Å². The first-order valence-electron chi connectivity index (χ1n) is 10.7. The van der Waals surface area contributed by atoms with Crippen molar-refractivity contribution >= 4 is 11.6 Å². The van der Waals surface area contributed by atoms with Gasteiger partial charge in [-0.3, -0.25) is 9.78 Å². The molecular weight excluding hydrogens is 370 g/mol. The van der Waals surface area contributed by atoms with Crippen molar-refractivity contribution in [3.63, 3.8) is 0 Å². The monoisotopic (exact) mass is 403 g/mol. The molecule has 4 nitrogen and oxygen atoms in total. The molecule has 0 aliphatic rings. The number of hydrogen-bond acceptors (Lipinski definition) is 3. The number of amides is 1. The summed E-state index contributed by atoms with van der Waals surface area (Å²) in [6.45, 7) is 8.40. The van der Waals surface area contributed by atoms with Crippen LogP contribution in [-0.4, -0.2) is 17.9 Å². The number of rotatable bonds is 7. The van der Waals surface area contributed by atoms with Crippen LogP contribution in [0.5, 0.6) is 0 Å². The second kappa shape index (κ2) is 11.9. The number of hydrogen-bond donors (Lipinski definition) is 2. The Hall–Kier alpha value is -2.98. The lowest BCUT2D eigenvalue weighted by Crippen LogP contribution is -2.30. The van der Waals surface area contributed by atoms with E-state index < -0.39 is 6.04 Å². The smallest absolute Gasteiger partial charge is 0.246 e. The zero-order valence-corrected chi connectivity index (χ0v) is 18.6. The van der Waals surface area contributed by atoms with Gasteiger partial charge in [-0.15, -0.1) is 0 Å². The number of carbonyl (C=O) groups is 1. The third-order valence-electron chi connectivity index (χ3n) is 5.17. The van der Waals surface area contributed by atoms with E-state index >= 15 is 0 Å². The Morgan fingerprint density at radius 2 is 1.40 bits per heavy atom. The van der Waals surface area contributed by atoms with E-state index in [4.69, 9.17) is 0 Å². The van der Waals surface area contributed by atoms with E-state index in [1.165, 1.54) is 5.56 Å². The first-order valence-corrected chi connectivity index (χ1v) is 10.7. The molecule has 2 aromatic carbocycles. The van der Waals surface area contributed by atoms with Crippen LogP contribution in [0, 0.1) is 0 Å². The molecule has 2 atom stereocenters. The van der Waals surface area contributed by atoms with Crippen molar-refractivity contribution in [2.24, 2.45) is 0 Å². The number of anilines is 1. The summed E-state index contributed by atoms with van der Waals surface area (Å²) in [5.74, 6) is 0.449. The normalized spacial score (nSPS) is 12.3. The fraction of sp³-hybridized carbons (Fsp3) is 0.308. The minimum Gasteiger partial charge on any atom is -0.324 e. The molecule has 0 aliphatic heterocycles. The lowest BCUT2D eigenvalue weighted by Gasteiger charge is -2.18. The molecule has 4 heteroatoms. The van der Waals surface area contributed by atoms with Gasteiger partial charge in [0.05, 0.1) is 0 Å². The highest BCUT2D eigenvalue weighted by Gasteiger charge is 2.19. The fourth-order valence-electron chi connectivity index (χ4n) is 3.21. The van der Waals surface area contributed by atoms with Crippen molar-refractivity contribution in [1.29, 1.82) is 0 Å². The Labute approximate surface area is 180 Å². The lowest BCUT2D eigenvalue weighted by atomic mass is 9.96. The molecule has 0 fully saturated rings. The van der Waals surface area contributed by atoms with Crippen LogP contribution in [0.2, 0.25) is 0 Å². The minimum absolute atomic E-state index is 0.0737. The van der Waals surface area contributed by atoms with Crippen molar-refractivity contribution in [3.05, 3.63) is 84.2 Å². The largest absolute Gasteiger partial charge is 0.324 e. The summed E-state index contributed by atoms with van der Waals surface area (Å²) in [4.78, 5) is 16.8. The Bertz CT molecular complexity index is 890. The van der Waals surface area contributed by atoms with E-state index in [1.807, 2.05) is 62.4 Å². The number of aromatic nitrogens is 1. The third-order valence-corrected chi connectivity index (χ3v) is 5.17. The maximum Gasteiger partial charge on any atom is 0.246 e. The molecule has 0 radical (unpaired) electrons. The van der Waals surface area contributed by atoms with Gasteiger partial charge in [-0.05, 0) is 65.9 Å². The second-order valence-corrected chi connectivity index (χ2v) is 7.00. The number of nitrogens with one attached hydrogen (secondary N) is 2. The van der Waals surface area contributed by atoms with Crippen LogP contribution in [0.4, 0.5) is 5.69 Å². The van der Waals surface area contributed by atoms with Crippen molar-refractivity contribution in [2.75, 3.05) is 12.4 Å². The molecule has 3 aromatic rings. The number of likely N-dealkylation sites (N-methyl/N-ethyl adjacent to an activating group) is 1. The predicted molar refractivity (Wildman–Crippen MR) is 127 cm³/mol. The molecule has 2 unspecified atom stereocenters. The van der Waals surface area contributed by atoms with E-state index in [0.717, 1.165) is 28.8 Å². The van der Waals surface area contributed by atoms with Gasteiger partial charge in [0.25, 0.3) is 0 Å². The number of benzene rings is 2. The summed E-state index contributed by atoms with van der Waals surface area (Å²) in [5, 5.41) is 6.12. The highest BCUT2D eigenvalue weighted by Crippen LogP contribution is 2.24. The van der Waals surface area contributed by atoms with Gasteiger partial charge in [0.2, 0.25) is 5.91 Å². The molecule has 30 heavy (non-hydrogen) atoms. The average molecular weight is 404 g/mol. The molecular formula is C26H33N3O. The quantitative estimate of drug-likeness (QED) is 0.495. The summed E-state index contributed by atoms with van der Waals surface area (Å²) in [6, 6.07) is 19.7. The van der Waals surface area contributed by atoms with E-state index in [9.17, 15) is 4.79 Å². The minimum atomic E-state index is -0.397. The lowest BCUT2D eigenvalue weighted by molar-refractivity contribution is -0.118. The SMILES string of the molecule is CC.CCC(C)c1ccc(C(NC)C(=O)Nc2ccc(-c3ccncc3)cc2)cc1. The molecule has 1 amide bonds. The molecule has 0 spiro atoms. The summed E-state index contributed by atoms with van der Waals surface area (Å²) >= 11 is 0. The molecule has 3 rings (SSSR count).